The first-order chi connectivity index (χ1) is 13.7. The largest absolute Gasteiger partial charge is 0.493 e. The maximum absolute atomic E-state index is 12.3. The highest BCUT2D eigenvalue weighted by Gasteiger charge is 2.14. The van der Waals surface area contributed by atoms with E-state index in [2.05, 4.69) is 26.0 Å². The van der Waals surface area contributed by atoms with Crippen LogP contribution in [-0.2, 0) is 6.42 Å². The minimum atomic E-state index is -0.301. The van der Waals surface area contributed by atoms with Gasteiger partial charge in [-0.25, -0.2) is 9.97 Å². The summed E-state index contributed by atoms with van der Waals surface area (Å²) in [4.78, 5) is 26.4. The number of imidazole rings is 1. The molecule has 0 spiro atoms. The fourth-order valence-corrected chi connectivity index (χ4v) is 3.18. The number of hydrogen-bond acceptors (Lipinski definition) is 5. The van der Waals surface area contributed by atoms with Crippen molar-refractivity contribution >= 4 is 11.2 Å². The van der Waals surface area contributed by atoms with Crippen LogP contribution in [0.1, 0.15) is 12.5 Å². The van der Waals surface area contributed by atoms with E-state index in [4.69, 9.17) is 4.74 Å². The van der Waals surface area contributed by atoms with Gasteiger partial charge < -0.3 is 19.8 Å². The van der Waals surface area contributed by atoms with Gasteiger partial charge in [-0.05, 0) is 42.2 Å². The lowest BCUT2D eigenvalue weighted by molar-refractivity contribution is 0.299. The van der Waals surface area contributed by atoms with E-state index in [1.165, 1.54) is 6.33 Å². The van der Waals surface area contributed by atoms with Crippen LogP contribution in [0.5, 0.6) is 5.75 Å². The van der Waals surface area contributed by atoms with Crippen LogP contribution in [0.25, 0.3) is 33.7 Å². The lowest BCUT2D eigenvalue weighted by Gasteiger charge is -2.12. The van der Waals surface area contributed by atoms with E-state index in [0.29, 0.717) is 35.8 Å². The summed E-state index contributed by atoms with van der Waals surface area (Å²) in [5.74, 6) is 1.06. The van der Waals surface area contributed by atoms with E-state index in [-0.39, 0.29) is 17.7 Å². The van der Waals surface area contributed by atoms with Gasteiger partial charge in [-0.2, -0.15) is 0 Å². The van der Waals surface area contributed by atoms with E-state index in [1.807, 2.05) is 43.3 Å². The van der Waals surface area contributed by atoms with Crippen molar-refractivity contribution in [2.75, 3.05) is 13.2 Å². The summed E-state index contributed by atoms with van der Waals surface area (Å²) >= 11 is 0. The van der Waals surface area contributed by atoms with Crippen LogP contribution in [0.4, 0.5) is 0 Å². The Kier molecular flexibility index (Phi) is 4.90. The highest BCUT2D eigenvalue weighted by Crippen LogP contribution is 2.33. The minimum absolute atomic E-state index is 0.113. The molecule has 2 aromatic heterocycles. The molecule has 0 saturated carbocycles. The topological polar surface area (TPSA) is 104 Å². The normalized spacial score (nSPS) is 11.1. The number of aliphatic hydroxyl groups excluding tert-OH is 1. The van der Waals surface area contributed by atoms with E-state index in [0.717, 1.165) is 16.7 Å². The summed E-state index contributed by atoms with van der Waals surface area (Å²) in [5.41, 5.74) is 4.19. The lowest BCUT2D eigenvalue weighted by Crippen LogP contribution is -2.10. The van der Waals surface area contributed by atoms with E-state index < -0.39 is 0 Å². The third-order valence-electron chi connectivity index (χ3n) is 4.49. The Labute approximate surface area is 161 Å². The quantitative estimate of drug-likeness (QED) is 0.480. The SMILES string of the molecule is CCOc1cc(-c2cccc(CCO)c2)ccc1-c1nc2[nH]cnc2c(=O)[nH]1. The number of aromatic nitrogens is 4. The summed E-state index contributed by atoms with van der Waals surface area (Å²) in [7, 11) is 0. The molecular weight excluding hydrogens is 356 g/mol. The second-order valence-electron chi connectivity index (χ2n) is 6.33. The average molecular weight is 376 g/mol. The number of rotatable bonds is 6. The number of H-pyrrole nitrogens is 2. The van der Waals surface area contributed by atoms with Crippen LogP contribution < -0.4 is 10.3 Å². The number of fused-ring (bicyclic) bond motifs is 1. The summed E-state index contributed by atoms with van der Waals surface area (Å²) in [5, 5.41) is 9.18. The fourth-order valence-electron chi connectivity index (χ4n) is 3.18. The molecule has 0 bridgehead atoms. The number of benzene rings is 2. The molecule has 0 radical (unpaired) electrons. The van der Waals surface area contributed by atoms with Crippen molar-refractivity contribution in [3.05, 3.63) is 64.7 Å². The van der Waals surface area contributed by atoms with Crippen molar-refractivity contribution in [2.45, 2.75) is 13.3 Å². The summed E-state index contributed by atoms with van der Waals surface area (Å²) in [6.07, 6.45) is 2.06. The van der Waals surface area contributed by atoms with Crippen molar-refractivity contribution < 1.29 is 9.84 Å². The second-order valence-corrected chi connectivity index (χ2v) is 6.33. The van der Waals surface area contributed by atoms with E-state index in [1.54, 1.807) is 0 Å². The highest BCUT2D eigenvalue weighted by molar-refractivity contribution is 5.77. The molecule has 3 N–H and O–H groups in total. The Balaban J connectivity index is 1.80. The summed E-state index contributed by atoms with van der Waals surface area (Å²) in [6, 6.07) is 13.8. The van der Waals surface area contributed by atoms with Crippen LogP contribution in [0.15, 0.2) is 53.6 Å². The molecule has 0 aliphatic carbocycles. The molecule has 2 aromatic carbocycles. The molecule has 0 aliphatic heterocycles. The molecule has 4 rings (SSSR count). The molecule has 28 heavy (non-hydrogen) atoms. The fraction of sp³-hybridized carbons (Fsp3) is 0.190. The van der Waals surface area contributed by atoms with Gasteiger partial charge in [0.05, 0.1) is 18.5 Å². The Bertz CT molecular complexity index is 1180. The van der Waals surface area contributed by atoms with E-state index >= 15 is 0 Å². The maximum Gasteiger partial charge on any atom is 0.279 e. The van der Waals surface area contributed by atoms with Gasteiger partial charge in [-0.15, -0.1) is 0 Å². The average Bonchev–Trinajstić information content (AvgIpc) is 3.18. The van der Waals surface area contributed by atoms with Crippen LogP contribution >= 0.6 is 0 Å². The molecule has 0 unspecified atom stereocenters. The smallest absolute Gasteiger partial charge is 0.279 e. The van der Waals surface area contributed by atoms with Crippen LogP contribution in [0.2, 0.25) is 0 Å². The van der Waals surface area contributed by atoms with E-state index in [9.17, 15) is 9.90 Å². The molecule has 7 nitrogen and oxygen atoms in total. The van der Waals surface area contributed by atoms with Crippen molar-refractivity contribution in [1.82, 2.24) is 19.9 Å². The Morgan fingerprint density at radius 1 is 1.14 bits per heavy atom. The van der Waals surface area contributed by atoms with Crippen LogP contribution in [0.3, 0.4) is 0 Å². The predicted octanol–water partition coefficient (Wildman–Crippen LogP) is 2.91. The Morgan fingerprint density at radius 3 is 2.82 bits per heavy atom. The third kappa shape index (κ3) is 3.39. The molecule has 0 aliphatic rings. The Morgan fingerprint density at radius 2 is 2.00 bits per heavy atom. The lowest BCUT2D eigenvalue weighted by atomic mass is 10.00. The van der Waals surface area contributed by atoms with Crippen molar-refractivity contribution in [1.29, 1.82) is 0 Å². The molecule has 4 aromatic rings. The van der Waals surface area contributed by atoms with Gasteiger partial charge in [-0.1, -0.05) is 30.3 Å². The van der Waals surface area contributed by atoms with Crippen molar-refractivity contribution in [3.63, 3.8) is 0 Å². The first-order valence-electron chi connectivity index (χ1n) is 9.10. The van der Waals surface area contributed by atoms with Gasteiger partial charge in [-0.3, -0.25) is 4.79 Å². The zero-order valence-electron chi connectivity index (χ0n) is 15.4. The summed E-state index contributed by atoms with van der Waals surface area (Å²) in [6.45, 7) is 2.51. The number of aromatic amines is 2. The molecule has 2 heterocycles. The third-order valence-corrected chi connectivity index (χ3v) is 4.49. The molecule has 0 saturated heterocycles. The van der Waals surface area contributed by atoms with Gasteiger partial charge in [0.1, 0.15) is 11.6 Å². The molecule has 0 atom stereocenters. The minimum Gasteiger partial charge on any atom is -0.493 e. The van der Waals surface area contributed by atoms with Gasteiger partial charge >= 0.3 is 0 Å². The monoisotopic (exact) mass is 376 g/mol. The van der Waals surface area contributed by atoms with Gasteiger partial charge in [0.15, 0.2) is 11.2 Å². The second kappa shape index (κ2) is 7.66. The van der Waals surface area contributed by atoms with Crippen molar-refractivity contribution in [2.24, 2.45) is 0 Å². The van der Waals surface area contributed by atoms with Gasteiger partial charge in [0, 0.05) is 6.61 Å². The first kappa shape index (κ1) is 17.9. The number of nitrogens with one attached hydrogen (secondary N) is 2. The molecule has 7 heteroatoms. The van der Waals surface area contributed by atoms with Crippen LogP contribution in [0, 0.1) is 0 Å². The standard InChI is InChI=1S/C21H20N4O3/c1-2-28-17-11-15(14-5-3-4-13(10-14)8-9-26)6-7-16(17)19-24-20-18(21(27)25-19)22-12-23-20/h3-7,10-12,26H,2,8-9H2,1H3,(H2,22,23,24,25,27). The van der Waals surface area contributed by atoms with Crippen LogP contribution in [-0.4, -0.2) is 38.3 Å². The first-order valence-corrected chi connectivity index (χ1v) is 9.10. The molecule has 142 valence electrons. The number of nitrogens with zero attached hydrogens (tertiary/aromatic N) is 2. The number of aliphatic hydroxyl groups is 1. The number of ether oxygens (including phenoxy) is 1. The van der Waals surface area contributed by atoms with Gasteiger partial charge in [0.25, 0.3) is 5.56 Å². The predicted molar refractivity (Wildman–Crippen MR) is 107 cm³/mol. The molecule has 0 amide bonds. The highest BCUT2D eigenvalue weighted by atomic mass is 16.5. The van der Waals surface area contributed by atoms with Gasteiger partial charge in [0.2, 0.25) is 0 Å². The molecule has 0 fully saturated rings. The Hall–Kier alpha value is -3.45. The summed E-state index contributed by atoms with van der Waals surface area (Å²) < 4.78 is 5.84. The number of hydrogen-bond donors (Lipinski definition) is 3. The van der Waals surface area contributed by atoms with Crippen molar-refractivity contribution in [3.8, 4) is 28.3 Å². The zero-order chi connectivity index (χ0) is 19.5. The maximum atomic E-state index is 12.3. The zero-order valence-corrected chi connectivity index (χ0v) is 15.4. The molecular formula is C21H20N4O3.